The first-order chi connectivity index (χ1) is 6.63. The third-order valence-electron chi connectivity index (χ3n) is 1.79. The molecule has 5 heteroatoms. The molecule has 14 heavy (non-hydrogen) atoms. The molecule has 0 fully saturated rings. The first-order valence-corrected chi connectivity index (χ1v) is 5.79. The van der Waals surface area contributed by atoms with Crippen molar-refractivity contribution >= 4 is 33.2 Å². The maximum Gasteiger partial charge on any atom is 0.249 e. The van der Waals surface area contributed by atoms with Crippen molar-refractivity contribution < 1.29 is 9.53 Å². The van der Waals surface area contributed by atoms with Gasteiger partial charge in [-0.3, -0.25) is 4.79 Å². The Morgan fingerprint density at radius 2 is 2.43 bits per heavy atom. The molecule has 1 N–H and O–H groups in total. The molecule has 0 radical (unpaired) electrons. The molecular formula is C9H12BrNO2S. The zero-order valence-electron chi connectivity index (χ0n) is 8.04. The van der Waals surface area contributed by atoms with Crippen LogP contribution in [0, 0.1) is 0 Å². The number of halogens is 1. The van der Waals surface area contributed by atoms with Crippen LogP contribution in [0.15, 0.2) is 15.9 Å². The highest BCUT2D eigenvalue weighted by Crippen LogP contribution is 2.21. The van der Waals surface area contributed by atoms with Crippen LogP contribution in [0.1, 0.15) is 11.8 Å². The molecule has 1 atom stereocenters. The van der Waals surface area contributed by atoms with Crippen molar-refractivity contribution in [2.45, 2.75) is 19.6 Å². The summed E-state index contributed by atoms with van der Waals surface area (Å²) < 4.78 is 5.96. The molecule has 1 amide bonds. The first-order valence-electron chi connectivity index (χ1n) is 4.18. The van der Waals surface area contributed by atoms with E-state index in [1.54, 1.807) is 18.3 Å². The van der Waals surface area contributed by atoms with Crippen LogP contribution in [0.2, 0.25) is 0 Å². The van der Waals surface area contributed by atoms with E-state index in [0.29, 0.717) is 6.54 Å². The van der Waals surface area contributed by atoms with E-state index in [1.165, 1.54) is 7.11 Å². The zero-order chi connectivity index (χ0) is 10.6. The van der Waals surface area contributed by atoms with E-state index < -0.39 is 6.10 Å². The van der Waals surface area contributed by atoms with Gasteiger partial charge < -0.3 is 10.1 Å². The summed E-state index contributed by atoms with van der Waals surface area (Å²) in [6, 6.07) is 3.94. The fourth-order valence-electron chi connectivity index (χ4n) is 0.872. The molecule has 1 unspecified atom stereocenters. The Balaban J connectivity index is 2.37. The summed E-state index contributed by atoms with van der Waals surface area (Å²) in [7, 11) is 1.52. The number of carbonyl (C=O) groups is 1. The van der Waals surface area contributed by atoms with Crippen LogP contribution in [-0.4, -0.2) is 19.1 Å². The fourth-order valence-corrected chi connectivity index (χ4v) is 2.29. The minimum atomic E-state index is -0.390. The number of methoxy groups -OCH3 is 1. The van der Waals surface area contributed by atoms with Crippen LogP contribution in [-0.2, 0) is 16.1 Å². The van der Waals surface area contributed by atoms with Crippen LogP contribution in [0.3, 0.4) is 0 Å². The Hall–Kier alpha value is -0.390. The summed E-state index contributed by atoms with van der Waals surface area (Å²) in [6.07, 6.45) is -0.390. The third kappa shape index (κ3) is 3.40. The standard InChI is InChI=1S/C9H12BrNO2S/c1-6(13-2)9(12)11-5-7-3-4-8(10)14-7/h3-4,6H,5H2,1-2H3,(H,11,12). The molecule has 0 aromatic carbocycles. The second-order valence-corrected chi connectivity index (χ2v) is 5.35. The summed E-state index contributed by atoms with van der Waals surface area (Å²) in [6.45, 7) is 2.28. The number of nitrogens with one attached hydrogen (secondary N) is 1. The molecule has 0 saturated heterocycles. The number of hydrogen-bond donors (Lipinski definition) is 1. The molecule has 1 heterocycles. The monoisotopic (exact) mass is 277 g/mol. The van der Waals surface area contributed by atoms with E-state index in [-0.39, 0.29) is 5.91 Å². The Labute approximate surface area is 95.6 Å². The number of ether oxygens (including phenoxy) is 1. The Bertz CT molecular complexity index is 314. The summed E-state index contributed by atoms with van der Waals surface area (Å²) >= 11 is 4.97. The van der Waals surface area contributed by atoms with Gasteiger partial charge in [-0.1, -0.05) is 0 Å². The fraction of sp³-hybridized carbons (Fsp3) is 0.444. The van der Waals surface area contributed by atoms with Gasteiger partial charge in [-0.15, -0.1) is 11.3 Å². The van der Waals surface area contributed by atoms with Gasteiger partial charge in [0, 0.05) is 12.0 Å². The first kappa shape index (κ1) is 11.7. The smallest absolute Gasteiger partial charge is 0.249 e. The van der Waals surface area contributed by atoms with Gasteiger partial charge in [0.15, 0.2) is 0 Å². The van der Waals surface area contributed by atoms with Crippen molar-refractivity contribution in [3.05, 3.63) is 20.8 Å². The van der Waals surface area contributed by atoms with Gasteiger partial charge in [-0.05, 0) is 35.0 Å². The molecular weight excluding hydrogens is 266 g/mol. The highest BCUT2D eigenvalue weighted by molar-refractivity contribution is 9.11. The van der Waals surface area contributed by atoms with Crippen LogP contribution >= 0.6 is 27.3 Å². The Morgan fingerprint density at radius 1 is 1.71 bits per heavy atom. The quantitative estimate of drug-likeness (QED) is 0.916. The summed E-state index contributed by atoms with van der Waals surface area (Å²) in [5, 5.41) is 2.79. The second kappa shape index (κ2) is 5.48. The van der Waals surface area contributed by atoms with Crippen LogP contribution in [0.5, 0.6) is 0 Å². The van der Waals surface area contributed by atoms with Gasteiger partial charge in [0.1, 0.15) is 6.10 Å². The largest absolute Gasteiger partial charge is 0.372 e. The van der Waals surface area contributed by atoms with Crippen molar-refractivity contribution in [1.29, 1.82) is 0 Å². The number of carbonyl (C=O) groups excluding carboxylic acids is 1. The van der Waals surface area contributed by atoms with E-state index in [9.17, 15) is 4.79 Å². The predicted octanol–water partition coefficient (Wildman–Crippen LogP) is 2.16. The number of hydrogen-bond acceptors (Lipinski definition) is 3. The van der Waals surface area contributed by atoms with Crippen molar-refractivity contribution in [2.75, 3.05) is 7.11 Å². The minimum absolute atomic E-state index is 0.0861. The number of amides is 1. The summed E-state index contributed by atoms with van der Waals surface area (Å²) in [5.41, 5.74) is 0. The molecule has 0 aliphatic heterocycles. The molecule has 78 valence electrons. The topological polar surface area (TPSA) is 38.3 Å². The highest BCUT2D eigenvalue weighted by atomic mass is 79.9. The van der Waals surface area contributed by atoms with Gasteiger partial charge in [0.25, 0.3) is 0 Å². The van der Waals surface area contributed by atoms with Gasteiger partial charge in [0.05, 0.1) is 10.3 Å². The molecule has 0 bridgehead atoms. The molecule has 0 spiro atoms. The molecule has 3 nitrogen and oxygen atoms in total. The van der Waals surface area contributed by atoms with Crippen molar-refractivity contribution in [2.24, 2.45) is 0 Å². The Kier molecular flexibility index (Phi) is 4.57. The summed E-state index contributed by atoms with van der Waals surface area (Å²) in [4.78, 5) is 12.4. The predicted molar refractivity (Wildman–Crippen MR) is 60.3 cm³/mol. The summed E-state index contributed by atoms with van der Waals surface area (Å²) in [5.74, 6) is -0.0861. The van der Waals surface area contributed by atoms with E-state index in [0.717, 1.165) is 8.66 Å². The molecule has 0 aliphatic carbocycles. The number of thiophene rings is 1. The maximum atomic E-state index is 11.3. The number of rotatable bonds is 4. The van der Waals surface area contributed by atoms with Gasteiger partial charge in [-0.2, -0.15) is 0 Å². The highest BCUT2D eigenvalue weighted by Gasteiger charge is 2.10. The molecule has 0 aliphatic rings. The van der Waals surface area contributed by atoms with Crippen molar-refractivity contribution in [3.63, 3.8) is 0 Å². The third-order valence-corrected chi connectivity index (χ3v) is 3.41. The van der Waals surface area contributed by atoms with Gasteiger partial charge in [-0.25, -0.2) is 0 Å². The lowest BCUT2D eigenvalue weighted by molar-refractivity contribution is -0.130. The molecule has 1 aromatic heterocycles. The van der Waals surface area contributed by atoms with E-state index >= 15 is 0 Å². The molecule has 1 rings (SSSR count). The van der Waals surface area contributed by atoms with Gasteiger partial charge >= 0.3 is 0 Å². The molecule has 1 aromatic rings. The van der Waals surface area contributed by atoms with Crippen LogP contribution < -0.4 is 5.32 Å². The average Bonchev–Trinajstić information content (AvgIpc) is 2.59. The van der Waals surface area contributed by atoms with Crippen molar-refractivity contribution in [1.82, 2.24) is 5.32 Å². The van der Waals surface area contributed by atoms with Gasteiger partial charge in [0.2, 0.25) is 5.91 Å². The van der Waals surface area contributed by atoms with Crippen LogP contribution in [0.4, 0.5) is 0 Å². The lowest BCUT2D eigenvalue weighted by Gasteiger charge is -2.08. The maximum absolute atomic E-state index is 11.3. The van der Waals surface area contributed by atoms with E-state index in [1.807, 2.05) is 12.1 Å². The second-order valence-electron chi connectivity index (χ2n) is 2.80. The minimum Gasteiger partial charge on any atom is -0.372 e. The van der Waals surface area contributed by atoms with Crippen LogP contribution in [0.25, 0.3) is 0 Å². The average molecular weight is 278 g/mol. The lowest BCUT2D eigenvalue weighted by Crippen LogP contribution is -2.33. The van der Waals surface area contributed by atoms with E-state index in [4.69, 9.17) is 4.74 Å². The SMILES string of the molecule is COC(C)C(=O)NCc1ccc(Br)s1. The molecule has 0 saturated carbocycles. The lowest BCUT2D eigenvalue weighted by atomic mass is 10.3. The zero-order valence-corrected chi connectivity index (χ0v) is 10.4. The Morgan fingerprint density at radius 3 is 2.93 bits per heavy atom. The van der Waals surface area contributed by atoms with Crippen molar-refractivity contribution in [3.8, 4) is 0 Å². The normalized spacial score (nSPS) is 12.5. The van der Waals surface area contributed by atoms with E-state index in [2.05, 4.69) is 21.2 Å².